The molecule has 2 aliphatic carbocycles. The van der Waals surface area contributed by atoms with Crippen LogP contribution in [0.5, 0.6) is 0 Å². The molecule has 1 heterocycles. The monoisotopic (exact) mass is 223 g/mol. The van der Waals surface area contributed by atoms with Gasteiger partial charge in [0.15, 0.2) is 11.0 Å². The van der Waals surface area contributed by atoms with Gasteiger partial charge in [0.1, 0.15) is 0 Å². The van der Waals surface area contributed by atoms with Crippen LogP contribution in [0, 0.1) is 11.8 Å². The Balaban J connectivity index is 1.74. The highest BCUT2D eigenvalue weighted by atomic mass is 35.5. The van der Waals surface area contributed by atoms with Crippen molar-refractivity contribution in [3.63, 3.8) is 0 Å². The van der Waals surface area contributed by atoms with Crippen molar-refractivity contribution < 1.29 is 0 Å². The highest BCUT2D eigenvalue weighted by Gasteiger charge is 2.41. The second kappa shape index (κ2) is 3.63. The fourth-order valence-corrected chi connectivity index (χ4v) is 2.27. The van der Waals surface area contributed by atoms with Gasteiger partial charge in [-0.05, 0) is 37.5 Å². The molecule has 3 nitrogen and oxygen atoms in total. The molecule has 2 aliphatic rings. The highest BCUT2D eigenvalue weighted by Crippen LogP contribution is 2.45. The summed E-state index contributed by atoms with van der Waals surface area (Å²) in [5, 5.41) is 3.96. The van der Waals surface area contributed by atoms with Crippen molar-refractivity contribution in [3.8, 4) is 0 Å². The maximum Gasteiger partial charge on any atom is 0.171 e. The number of aromatic nitrogens is 2. The maximum atomic E-state index is 5.98. The van der Waals surface area contributed by atoms with Crippen molar-refractivity contribution >= 4 is 17.4 Å². The third kappa shape index (κ3) is 2.07. The minimum atomic E-state index is 0.490. The number of hydrogen-bond acceptors (Lipinski definition) is 3. The van der Waals surface area contributed by atoms with Crippen LogP contribution in [-0.2, 0) is 0 Å². The third-order valence-corrected chi connectivity index (χ3v) is 3.49. The topological polar surface area (TPSA) is 37.8 Å². The van der Waals surface area contributed by atoms with Crippen LogP contribution in [0.15, 0.2) is 12.4 Å². The lowest BCUT2D eigenvalue weighted by atomic mass is 10.1. The quantitative estimate of drug-likeness (QED) is 0.853. The Kier molecular flexibility index (Phi) is 2.28. The minimum absolute atomic E-state index is 0.490. The summed E-state index contributed by atoms with van der Waals surface area (Å²) in [6.07, 6.45) is 8.72. The molecule has 0 aromatic carbocycles. The van der Waals surface area contributed by atoms with Gasteiger partial charge in [0.05, 0.1) is 0 Å². The first kappa shape index (κ1) is 9.40. The number of anilines is 1. The lowest BCUT2D eigenvalue weighted by Crippen LogP contribution is -2.25. The van der Waals surface area contributed by atoms with Crippen molar-refractivity contribution in [1.29, 1.82) is 0 Å². The molecule has 0 amide bonds. The van der Waals surface area contributed by atoms with Gasteiger partial charge in [0.25, 0.3) is 0 Å². The van der Waals surface area contributed by atoms with E-state index in [0.717, 1.165) is 17.7 Å². The standard InChI is InChI=1S/C11H14ClN3/c12-10-11(14-6-5-13-10)15-9(7-1-2-7)8-3-4-8/h5-9H,1-4H2,(H,14,15). The highest BCUT2D eigenvalue weighted by molar-refractivity contribution is 6.31. The number of nitrogens with one attached hydrogen (secondary N) is 1. The maximum absolute atomic E-state index is 5.98. The first-order valence-corrected chi connectivity index (χ1v) is 5.95. The molecule has 0 aliphatic heterocycles. The molecule has 1 aromatic rings. The molecule has 3 rings (SSSR count). The van der Waals surface area contributed by atoms with Crippen molar-refractivity contribution in [1.82, 2.24) is 9.97 Å². The Morgan fingerprint density at radius 2 is 1.73 bits per heavy atom. The summed E-state index contributed by atoms with van der Waals surface area (Å²) in [5.74, 6) is 2.44. The molecule has 80 valence electrons. The molecule has 0 saturated heterocycles. The smallest absolute Gasteiger partial charge is 0.171 e. The fraction of sp³-hybridized carbons (Fsp3) is 0.636. The normalized spacial score (nSPS) is 20.7. The molecule has 2 fully saturated rings. The van der Waals surface area contributed by atoms with E-state index >= 15 is 0 Å². The first-order valence-electron chi connectivity index (χ1n) is 5.57. The van der Waals surface area contributed by atoms with Crippen LogP contribution in [0.2, 0.25) is 5.15 Å². The van der Waals surface area contributed by atoms with Crippen molar-refractivity contribution in [2.45, 2.75) is 31.7 Å². The summed E-state index contributed by atoms with van der Waals surface area (Å²) in [6.45, 7) is 0. The van der Waals surface area contributed by atoms with Gasteiger partial charge < -0.3 is 5.32 Å². The fourth-order valence-electron chi connectivity index (χ4n) is 2.11. The van der Waals surface area contributed by atoms with Gasteiger partial charge in [-0.25, -0.2) is 9.97 Å². The Labute approximate surface area is 94.3 Å². The van der Waals surface area contributed by atoms with Crippen LogP contribution >= 0.6 is 11.6 Å². The van der Waals surface area contributed by atoms with Crippen molar-refractivity contribution in [2.75, 3.05) is 5.32 Å². The summed E-state index contributed by atoms with van der Waals surface area (Å²) in [4.78, 5) is 8.26. The second-order valence-corrected chi connectivity index (χ2v) is 4.90. The summed E-state index contributed by atoms with van der Waals surface area (Å²) in [7, 11) is 0. The summed E-state index contributed by atoms with van der Waals surface area (Å²) >= 11 is 5.98. The summed E-state index contributed by atoms with van der Waals surface area (Å²) in [6, 6.07) is 0.583. The van der Waals surface area contributed by atoms with Gasteiger partial charge in [0, 0.05) is 18.4 Å². The molecule has 1 N–H and O–H groups in total. The van der Waals surface area contributed by atoms with E-state index in [9.17, 15) is 0 Å². The van der Waals surface area contributed by atoms with Gasteiger partial charge in [-0.1, -0.05) is 11.6 Å². The Hall–Kier alpha value is -0.830. The van der Waals surface area contributed by atoms with E-state index in [1.165, 1.54) is 25.7 Å². The predicted molar refractivity (Wildman–Crippen MR) is 59.9 cm³/mol. The molecule has 0 radical (unpaired) electrons. The Bertz CT molecular complexity index is 349. The van der Waals surface area contributed by atoms with Crippen LogP contribution in [0.1, 0.15) is 25.7 Å². The first-order chi connectivity index (χ1) is 7.34. The molecular weight excluding hydrogens is 210 g/mol. The molecule has 0 spiro atoms. The van der Waals surface area contributed by atoms with E-state index in [-0.39, 0.29) is 0 Å². The summed E-state index contributed by atoms with van der Waals surface area (Å²) in [5.41, 5.74) is 0. The molecule has 0 unspecified atom stereocenters. The van der Waals surface area contributed by atoms with E-state index in [0.29, 0.717) is 11.2 Å². The number of halogens is 1. The summed E-state index contributed by atoms with van der Waals surface area (Å²) < 4.78 is 0. The van der Waals surface area contributed by atoms with Crippen LogP contribution < -0.4 is 5.32 Å². The molecule has 1 aromatic heterocycles. The number of rotatable bonds is 4. The van der Waals surface area contributed by atoms with Gasteiger partial charge >= 0.3 is 0 Å². The van der Waals surface area contributed by atoms with Gasteiger partial charge in [-0.3, -0.25) is 0 Å². The van der Waals surface area contributed by atoms with Gasteiger partial charge in [-0.2, -0.15) is 0 Å². The van der Waals surface area contributed by atoms with Crippen LogP contribution in [0.3, 0.4) is 0 Å². The van der Waals surface area contributed by atoms with Crippen LogP contribution in [0.4, 0.5) is 5.82 Å². The van der Waals surface area contributed by atoms with Crippen LogP contribution in [0.25, 0.3) is 0 Å². The van der Waals surface area contributed by atoms with E-state index in [1.807, 2.05) is 0 Å². The van der Waals surface area contributed by atoms with E-state index in [4.69, 9.17) is 11.6 Å². The van der Waals surface area contributed by atoms with Crippen LogP contribution in [-0.4, -0.2) is 16.0 Å². The average molecular weight is 224 g/mol. The Morgan fingerprint density at radius 1 is 1.13 bits per heavy atom. The van der Waals surface area contributed by atoms with Crippen molar-refractivity contribution in [3.05, 3.63) is 17.5 Å². The lowest BCUT2D eigenvalue weighted by molar-refractivity contribution is 0.565. The van der Waals surface area contributed by atoms with E-state index in [1.54, 1.807) is 12.4 Å². The number of hydrogen-bond donors (Lipinski definition) is 1. The Morgan fingerprint density at radius 3 is 2.27 bits per heavy atom. The van der Waals surface area contributed by atoms with E-state index < -0.39 is 0 Å². The van der Waals surface area contributed by atoms with Gasteiger partial charge in [-0.15, -0.1) is 0 Å². The third-order valence-electron chi connectivity index (χ3n) is 3.22. The predicted octanol–water partition coefficient (Wildman–Crippen LogP) is 2.73. The minimum Gasteiger partial charge on any atom is -0.364 e. The SMILES string of the molecule is Clc1nccnc1NC(C1CC1)C1CC1. The zero-order valence-corrected chi connectivity index (χ0v) is 9.24. The molecular formula is C11H14ClN3. The van der Waals surface area contributed by atoms with Gasteiger partial charge in [0.2, 0.25) is 0 Å². The molecule has 0 bridgehead atoms. The number of nitrogens with zero attached hydrogens (tertiary/aromatic N) is 2. The van der Waals surface area contributed by atoms with E-state index in [2.05, 4.69) is 15.3 Å². The van der Waals surface area contributed by atoms with Crippen molar-refractivity contribution in [2.24, 2.45) is 11.8 Å². The molecule has 0 atom stereocenters. The largest absolute Gasteiger partial charge is 0.364 e. The lowest BCUT2D eigenvalue weighted by Gasteiger charge is -2.18. The average Bonchev–Trinajstić information content (AvgIpc) is 3.10. The zero-order valence-electron chi connectivity index (χ0n) is 8.49. The zero-order chi connectivity index (χ0) is 10.3. The second-order valence-electron chi connectivity index (χ2n) is 4.54. The molecule has 15 heavy (non-hydrogen) atoms. The molecule has 2 saturated carbocycles. The molecule has 4 heteroatoms.